The van der Waals surface area contributed by atoms with Gasteiger partial charge in [-0.15, -0.1) is 11.3 Å². The first kappa shape index (κ1) is 17.2. The van der Waals surface area contributed by atoms with E-state index in [1.54, 1.807) is 22.7 Å². The highest BCUT2D eigenvalue weighted by Gasteiger charge is 2.15. The average molecular weight is 364 g/mol. The van der Waals surface area contributed by atoms with Crippen molar-refractivity contribution in [2.24, 2.45) is 4.99 Å². The summed E-state index contributed by atoms with van der Waals surface area (Å²) in [6, 6.07) is 2.12. The molecule has 1 aliphatic rings. The number of hydrogen-bond donors (Lipinski definition) is 2. The van der Waals surface area contributed by atoms with E-state index in [-0.39, 0.29) is 0 Å². The summed E-state index contributed by atoms with van der Waals surface area (Å²) in [5.41, 5.74) is 2.43. The predicted octanol–water partition coefficient (Wildman–Crippen LogP) is 3.10. The Kier molecular flexibility index (Phi) is 6.48. The molecule has 7 heteroatoms. The zero-order valence-corrected chi connectivity index (χ0v) is 15.8. The van der Waals surface area contributed by atoms with Crippen LogP contribution in [0.4, 0.5) is 5.13 Å². The van der Waals surface area contributed by atoms with Crippen molar-refractivity contribution in [2.45, 2.75) is 32.7 Å². The summed E-state index contributed by atoms with van der Waals surface area (Å²) in [6.07, 6.45) is 3.51. The zero-order chi connectivity index (χ0) is 16.6. The minimum absolute atomic E-state index is 0.717. The molecule has 1 fully saturated rings. The van der Waals surface area contributed by atoms with E-state index in [1.165, 1.54) is 29.2 Å². The van der Waals surface area contributed by atoms with Crippen LogP contribution in [0, 0.1) is 0 Å². The number of nitrogens with one attached hydrogen (secondary N) is 2. The van der Waals surface area contributed by atoms with Crippen LogP contribution in [0.15, 0.2) is 27.2 Å². The molecule has 0 spiro atoms. The van der Waals surface area contributed by atoms with Gasteiger partial charge in [-0.1, -0.05) is 0 Å². The topological polar surface area (TPSA) is 52.6 Å². The van der Waals surface area contributed by atoms with E-state index in [1.807, 2.05) is 0 Å². The van der Waals surface area contributed by atoms with E-state index in [9.17, 15) is 0 Å². The Labute approximate surface area is 151 Å². The van der Waals surface area contributed by atoms with E-state index in [0.29, 0.717) is 6.54 Å². The van der Waals surface area contributed by atoms with Gasteiger partial charge in [0.2, 0.25) is 0 Å². The van der Waals surface area contributed by atoms with Crippen LogP contribution in [0.3, 0.4) is 0 Å². The molecule has 0 radical (unpaired) electrons. The second-order valence-electron chi connectivity index (χ2n) is 5.82. The third-order valence-corrected chi connectivity index (χ3v) is 5.62. The molecule has 0 aliphatic carbocycles. The molecule has 1 aliphatic heterocycles. The number of hydrogen-bond acceptors (Lipinski definition) is 5. The van der Waals surface area contributed by atoms with E-state index in [0.717, 1.165) is 38.6 Å². The van der Waals surface area contributed by atoms with Gasteiger partial charge in [0.1, 0.15) is 0 Å². The average Bonchev–Trinajstić information content (AvgIpc) is 3.33. The molecule has 0 bridgehead atoms. The lowest BCUT2D eigenvalue weighted by Gasteiger charge is -2.12. The van der Waals surface area contributed by atoms with Gasteiger partial charge in [-0.05, 0) is 42.2 Å². The number of thiophene rings is 1. The minimum Gasteiger partial charge on any atom is -0.357 e. The van der Waals surface area contributed by atoms with E-state index < -0.39 is 0 Å². The molecule has 2 aromatic rings. The van der Waals surface area contributed by atoms with Crippen molar-refractivity contribution in [1.29, 1.82) is 0 Å². The van der Waals surface area contributed by atoms with Gasteiger partial charge in [0.25, 0.3) is 0 Å². The van der Waals surface area contributed by atoms with Gasteiger partial charge in [0.15, 0.2) is 11.1 Å². The minimum atomic E-state index is 0.717. The summed E-state index contributed by atoms with van der Waals surface area (Å²) in [5.74, 6) is 0.874. The Morgan fingerprint density at radius 1 is 1.29 bits per heavy atom. The smallest absolute Gasteiger partial charge is 0.191 e. The maximum atomic E-state index is 4.77. The Hall–Kier alpha value is -1.60. The highest BCUT2D eigenvalue weighted by Crippen LogP contribution is 2.24. The highest BCUT2D eigenvalue weighted by molar-refractivity contribution is 7.13. The third kappa shape index (κ3) is 4.95. The summed E-state index contributed by atoms with van der Waals surface area (Å²) in [4.78, 5) is 11.8. The monoisotopic (exact) mass is 363 g/mol. The fraction of sp³-hybridized carbons (Fsp3) is 0.529. The molecule has 0 atom stereocenters. The van der Waals surface area contributed by atoms with Crippen molar-refractivity contribution in [1.82, 2.24) is 15.6 Å². The lowest BCUT2D eigenvalue weighted by Crippen LogP contribution is -2.38. The number of thiazole rings is 1. The van der Waals surface area contributed by atoms with Gasteiger partial charge in [-0.2, -0.15) is 11.3 Å². The van der Waals surface area contributed by atoms with E-state index >= 15 is 0 Å². The number of guanidine groups is 1. The first-order valence-corrected chi connectivity index (χ1v) is 10.4. The third-order valence-electron chi connectivity index (χ3n) is 3.93. The molecule has 130 valence electrons. The molecular weight excluding hydrogens is 338 g/mol. The zero-order valence-electron chi connectivity index (χ0n) is 14.1. The molecule has 5 nitrogen and oxygen atoms in total. The van der Waals surface area contributed by atoms with Gasteiger partial charge in [-0.25, -0.2) is 9.98 Å². The second kappa shape index (κ2) is 9.03. The molecular formula is C17H25N5S2. The van der Waals surface area contributed by atoms with Gasteiger partial charge in [0, 0.05) is 38.0 Å². The van der Waals surface area contributed by atoms with Crippen molar-refractivity contribution in [3.05, 3.63) is 33.5 Å². The summed E-state index contributed by atoms with van der Waals surface area (Å²) in [6.45, 7) is 6.83. The Morgan fingerprint density at radius 2 is 2.17 bits per heavy atom. The standard InChI is InChI=1S/C17H25N5S2/c1-2-18-16(20-11-14-6-10-23-12-14)19-7-5-15-13-24-17(21-15)22-8-3-4-9-22/h6,10,12-13H,2-5,7-9,11H2,1H3,(H2,18,19,20). The van der Waals surface area contributed by atoms with Gasteiger partial charge in [-0.3, -0.25) is 0 Å². The van der Waals surface area contributed by atoms with Crippen LogP contribution in [0.25, 0.3) is 0 Å². The molecule has 0 unspecified atom stereocenters. The molecule has 0 amide bonds. The SMILES string of the molecule is CCNC(=NCc1ccsc1)NCCc1csc(N2CCCC2)n1. The summed E-state index contributed by atoms with van der Waals surface area (Å²) in [7, 11) is 0. The van der Waals surface area contributed by atoms with Crippen LogP contribution >= 0.6 is 22.7 Å². The Morgan fingerprint density at radius 3 is 2.92 bits per heavy atom. The molecule has 1 saturated heterocycles. The molecule has 2 N–H and O–H groups in total. The van der Waals surface area contributed by atoms with Crippen molar-refractivity contribution < 1.29 is 0 Å². The lowest BCUT2D eigenvalue weighted by atomic mass is 10.3. The number of nitrogens with zero attached hydrogens (tertiary/aromatic N) is 3. The van der Waals surface area contributed by atoms with Crippen LogP contribution in [0.5, 0.6) is 0 Å². The van der Waals surface area contributed by atoms with Crippen molar-refractivity contribution >= 4 is 33.8 Å². The predicted molar refractivity (Wildman–Crippen MR) is 104 cm³/mol. The van der Waals surface area contributed by atoms with Crippen LogP contribution in [-0.4, -0.2) is 37.1 Å². The maximum Gasteiger partial charge on any atom is 0.191 e. The quantitative estimate of drug-likeness (QED) is 0.586. The molecule has 2 aromatic heterocycles. The Balaban J connectivity index is 1.47. The number of anilines is 1. The largest absolute Gasteiger partial charge is 0.357 e. The fourth-order valence-electron chi connectivity index (χ4n) is 2.67. The molecule has 3 heterocycles. The van der Waals surface area contributed by atoms with Crippen molar-refractivity contribution in [3.8, 4) is 0 Å². The van der Waals surface area contributed by atoms with Crippen molar-refractivity contribution in [2.75, 3.05) is 31.1 Å². The first-order valence-electron chi connectivity index (χ1n) is 8.58. The van der Waals surface area contributed by atoms with Gasteiger partial charge in [0.05, 0.1) is 12.2 Å². The van der Waals surface area contributed by atoms with Crippen LogP contribution < -0.4 is 15.5 Å². The summed E-state index contributed by atoms with van der Waals surface area (Å²) < 4.78 is 0. The van der Waals surface area contributed by atoms with Gasteiger partial charge < -0.3 is 15.5 Å². The van der Waals surface area contributed by atoms with Crippen LogP contribution in [0.2, 0.25) is 0 Å². The normalized spacial score (nSPS) is 15.0. The van der Waals surface area contributed by atoms with Gasteiger partial charge >= 0.3 is 0 Å². The number of aromatic nitrogens is 1. The van der Waals surface area contributed by atoms with Crippen LogP contribution in [0.1, 0.15) is 31.0 Å². The van der Waals surface area contributed by atoms with Crippen LogP contribution in [-0.2, 0) is 13.0 Å². The summed E-state index contributed by atoms with van der Waals surface area (Å²) >= 11 is 3.48. The lowest BCUT2D eigenvalue weighted by molar-refractivity contribution is 0.790. The highest BCUT2D eigenvalue weighted by atomic mass is 32.1. The Bertz CT molecular complexity index is 629. The molecule has 3 rings (SSSR count). The molecule has 0 saturated carbocycles. The second-order valence-corrected chi connectivity index (χ2v) is 7.44. The fourth-order valence-corrected chi connectivity index (χ4v) is 4.24. The number of aliphatic imine (C=N–C) groups is 1. The molecule has 0 aromatic carbocycles. The molecule has 24 heavy (non-hydrogen) atoms. The van der Waals surface area contributed by atoms with Crippen molar-refractivity contribution in [3.63, 3.8) is 0 Å². The van der Waals surface area contributed by atoms with E-state index in [2.05, 4.69) is 49.7 Å². The maximum absolute atomic E-state index is 4.77. The number of rotatable bonds is 7. The first-order chi connectivity index (χ1) is 11.8. The summed E-state index contributed by atoms with van der Waals surface area (Å²) in [5, 5.41) is 14.3. The van der Waals surface area contributed by atoms with E-state index in [4.69, 9.17) is 4.98 Å².